The summed E-state index contributed by atoms with van der Waals surface area (Å²) in [6.07, 6.45) is 8.71. The molecule has 7 nitrogen and oxygen atoms in total. The number of nitrogens with zero attached hydrogens (tertiary/aromatic N) is 4. The van der Waals surface area contributed by atoms with Gasteiger partial charge in [-0.3, -0.25) is 19.6 Å². The molecule has 29 heavy (non-hydrogen) atoms. The number of rotatable bonds is 7. The van der Waals surface area contributed by atoms with Crippen LogP contribution >= 0.6 is 0 Å². The molecule has 3 aromatic rings. The van der Waals surface area contributed by atoms with Gasteiger partial charge in [-0.05, 0) is 41.5 Å². The first-order valence-corrected chi connectivity index (χ1v) is 9.56. The van der Waals surface area contributed by atoms with E-state index in [4.69, 9.17) is 4.42 Å². The zero-order chi connectivity index (χ0) is 20.1. The first kappa shape index (κ1) is 18.9. The highest BCUT2D eigenvalue weighted by atomic mass is 16.3. The number of likely N-dealkylation sites (tertiary alicyclic amines) is 1. The van der Waals surface area contributed by atoms with E-state index in [-0.39, 0.29) is 24.2 Å². The molecule has 2 amide bonds. The molecule has 1 aliphatic rings. The molecule has 3 aromatic heterocycles. The van der Waals surface area contributed by atoms with Crippen LogP contribution in [-0.4, -0.2) is 38.1 Å². The fourth-order valence-electron chi connectivity index (χ4n) is 3.57. The minimum absolute atomic E-state index is 0.0232. The predicted octanol–water partition coefficient (Wildman–Crippen LogP) is 2.65. The van der Waals surface area contributed by atoms with Crippen molar-refractivity contribution in [1.29, 1.82) is 0 Å². The monoisotopic (exact) mass is 390 g/mol. The summed E-state index contributed by atoms with van der Waals surface area (Å²) in [6.45, 7) is 1.69. The molecule has 0 N–H and O–H groups in total. The second-order valence-corrected chi connectivity index (χ2v) is 7.17. The third-order valence-electron chi connectivity index (χ3n) is 5.02. The van der Waals surface area contributed by atoms with Crippen molar-refractivity contribution in [2.24, 2.45) is 5.92 Å². The van der Waals surface area contributed by atoms with Crippen molar-refractivity contribution in [1.82, 2.24) is 19.8 Å². The first-order chi connectivity index (χ1) is 14.2. The Labute approximate surface area is 169 Å². The number of pyridine rings is 2. The van der Waals surface area contributed by atoms with Gasteiger partial charge >= 0.3 is 0 Å². The summed E-state index contributed by atoms with van der Waals surface area (Å²) >= 11 is 0. The van der Waals surface area contributed by atoms with Crippen molar-refractivity contribution in [3.63, 3.8) is 0 Å². The molecule has 1 fully saturated rings. The molecule has 4 heterocycles. The van der Waals surface area contributed by atoms with Crippen LogP contribution in [0.1, 0.15) is 23.3 Å². The summed E-state index contributed by atoms with van der Waals surface area (Å²) in [5.41, 5.74) is 1.95. The van der Waals surface area contributed by atoms with Crippen LogP contribution < -0.4 is 0 Å². The number of carbonyl (C=O) groups is 2. The standard InChI is InChI=1S/C22H22N4O3/c27-21-11-19(15-25(21)16-20-4-2-10-29-20)22(28)26(13-17-5-8-23-9-6-17)14-18-3-1-7-24-12-18/h1-10,12,19H,11,13-16H2. The van der Waals surface area contributed by atoms with E-state index in [0.717, 1.165) is 16.9 Å². The van der Waals surface area contributed by atoms with Gasteiger partial charge in [0.05, 0.1) is 18.7 Å². The molecule has 1 unspecified atom stereocenters. The average Bonchev–Trinajstić information content (AvgIpc) is 3.39. The number of hydrogen-bond acceptors (Lipinski definition) is 5. The van der Waals surface area contributed by atoms with Gasteiger partial charge < -0.3 is 14.2 Å². The van der Waals surface area contributed by atoms with E-state index in [0.29, 0.717) is 26.2 Å². The van der Waals surface area contributed by atoms with Crippen molar-refractivity contribution in [3.8, 4) is 0 Å². The quantitative estimate of drug-likeness (QED) is 0.620. The lowest BCUT2D eigenvalue weighted by atomic mass is 10.1. The molecule has 1 saturated heterocycles. The molecule has 1 atom stereocenters. The highest BCUT2D eigenvalue weighted by molar-refractivity contribution is 5.89. The lowest BCUT2D eigenvalue weighted by molar-refractivity contribution is -0.137. The molecule has 7 heteroatoms. The van der Waals surface area contributed by atoms with Crippen LogP contribution in [0.15, 0.2) is 71.9 Å². The van der Waals surface area contributed by atoms with Crippen molar-refractivity contribution >= 4 is 11.8 Å². The van der Waals surface area contributed by atoms with Crippen molar-refractivity contribution in [2.45, 2.75) is 26.1 Å². The van der Waals surface area contributed by atoms with Gasteiger partial charge in [0.1, 0.15) is 5.76 Å². The Bertz CT molecular complexity index is 903. The van der Waals surface area contributed by atoms with E-state index in [1.165, 1.54) is 0 Å². The van der Waals surface area contributed by atoms with E-state index in [1.807, 2.05) is 30.3 Å². The molecular formula is C22H22N4O3. The summed E-state index contributed by atoms with van der Waals surface area (Å²) in [5.74, 6) is 0.303. The van der Waals surface area contributed by atoms with Gasteiger partial charge in [0.2, 0.25) is 11.8 Å². The van der Waals surface area contributed by atoms with Crippen LogP contribution in [-0.2, 0) is 29.2 Å². The zero-order valence-electron chi connectivity index (χ0n) is 16.0. The molecule has 0 aromatic carbocycles. The SMILES string of the molecule is O=C1CC(C(=O)N(Cc2ccncc2)Cc2cccnc2)CN1Cc1ccco1. The number of aromatic nitrogens is 2. The largest absolute Gasteiger partial charge is 0.467 e. The van der Waals surface area contributed by atoms with Gasteiger partial charge in [-0.2, -0.15) is 0 Å². The molecule has 1 aliphatic heterocycles. The maximum atomic E-state index is 13.3. The average molecular weight is 390 g/mol. The van der Waals surface area contributed by atoms with Gasteiger partial charge in [-0.25, -0.2) is 0 Å². The van der Waals surface area contributed by atoms with E-state index in [1.54, 1.807) is 46.9 Å². The molecular weight excluding hydrogens is 368 g/mol. The Kier molecular flexibility index (Phi) is 5.65. The van der Waals surface area contributed by atoms with Gasteiger partial charge in [0.25, 0.3) is 0 Å². The molecule has 0 saturated carbocycles. The summed E-state index contributed by atoms with van der Waals surface area (Å²) in [5, 5.41) is 0. The Morgan fingerprint density at radius 1 is 1.07 bits per heavy atom. The fourth-order valence-corrected chi connectivity index (χ4v) is 3.57. The Balaban J connectivity index is 1.49. The van der Waals surface area contributed by atoms with Gasteiger partial charge in [0.15, 0.2) is 0 Å². The third-order valence-corrected chi connectivity index (χ3v) is 5.02. The number of hydrogen-bond donors (Lipinski definition) is 0. The summed E-state index contributed by atoms with van der Waals surface area (Å²) in [6, 6.07) is 11.2. The number of furan rings is 1. The summed E-state index contributed by atoms with van der Waals surface area (Å²) < 4.78 is 5.34. The van der Waals surface area contributed by atoms with E-state index in [9.17, 15) is 9.59 Å². The zero-order valence-corrected chi connectivity index (χ0v) is 16.0. The topological polar surface area (TPSA) is 79.5 Å². The molecule has 0 spiro atoms. The highest BCUT2D eigenvalue weighted by Gasteiger charge is 2.36. The van der Waals surface area contributed by atoms with Crippen molar-refractivity contribution in [2.75, 3.05) is 6.54 Å². The van der Waals surface area contributed by atoms with Crippen LogP contribution in [0.5, 0.6) is 0 Å². The lowest BCUT2D eigenvalue weighted by Gasteiger charge is -2.26. The van der Waals surface area contributed by atoms with Gasteiger partial charge in [0, 0.05) is 50.8 Å². The van der Waals surface area contributed by atoms with Crippen LogP contribution in [0.25, 0.3) is 0 Å². The van der Waals surface area contributed by atoms with Crippen LogP contribution in [0.3, 0.4) is 0 Å². The van der Waals surface area contributed by atoms with Gasteiger partial charge in [-0.1, -0.05) is 6.07 Å². The van der Waals surface area contributed by atoms with Crippen molar-refractivity contribution in [3.05, 3.63) is 84.3 Å². The normalized spacial score (nSPS) is 16.2. The fraction of sp³-hybridized carbons (Fsp3) is 0.273. The predicted molar refractivity (Wildman–Crippen MR) is 105 cm³/mol. The van der Waals surface area contributed by atoms with E-state index < -0.39 is 0 Å². The van der Waals surface area contributed by atoms with E-state index >= 15 is 0 Å². The maximum absolute atomic E-state index is 13.3. The maximum Gasteiger partial charge on any atom is 0.228 e. The van der Waals surface area contributed by atoms with Gasteiger partial charge in [-0.15, -0.1) is 0 Å². The summed E-state index contributed by atoms with van der Waals surface area (Å²) in [7, 11) is 0. The molecule has 4 rings (SSSR count). The lowest BCUT2D eigenvalue weighted by Crippen LogP contribution is -2.36. The Morgan fingerprint density at radius 3 is 2.62 bits per heavy atom. The summed E-state index contributed by atoms with van der Waals surface area (Å²) in [4.78, 5) is 37.5. The third kappa shape index (κ3) is 4.68. The Morgan fingerprint density at radius 2 is 1.90 bits per heavy atom. The minimum atomic E-state index is -0.365. The second kappa shape index (κ2) is 8.68. The minimum Gasteiger partial charge on any atom is -0.467 e. The Hall–Kier alpha value is -3.48. The molecule has 0 aliphatic carbocycles. The number of amides is 2. The van der Waals surface area contributed by atoms with E-state index in [2.05, 4.69) is 9.97 Å². The van der Waals surface area contributed by atoms with Crippen LogP contribution in [0.2, 0.25) is 0 Å². The highest BCUT2D eigenvalue weighted by Crippen LogP contribution is 2.24. The van der Waals surface area contributed by atoms with Crippen LogP contribution in [0, 0.1) is 5.92 Å². The first-order valence-electron chi connectivity index (χ1n) is 9.56. The molecule has 0 radical (unpaired) electrons. The smallest absolute Gasteiger partial charge is 0.228 e. The number of carbonyl (C=O) groups excluding carboxylic acids is 2. The van der Waals surface area contributed by atoms with Crippen LogP contribution in [0.4, 0.5) is 0 Å². The molecule has 0 bridgehead atoms. The molecule has 148 valence electrons. The second-order valence-electron chi connectivity index (χ2n) is 7.17. The van der Waals surface area contributed by atoms with Crippen molar-refractivity contribution < 1.29 is 14.0 Å².